The lowest BCUT2D eigenvalue weighted by molar-refractivity contribution is -0.174. The Bertz CT molecular complexity index is 440. The second kappa shape index (κ2) is 7.14. The molecule has 0 aliphatic carbocycles. The van der Waals surface area contributed by atoms with Gasteiger partial charge in [-0.2, -0.15) is 13.2 Å². The van der Waals surface area contributed by atoms with Crippen molar-refractivity contribution in [1.29, 1.82) is 0 Å². The maximum Gasteiger partial charge on any atom is 0.411 e. The maximum absolute atomic E-state index is 11.8. The van der Waals surface area contributed by atoms with Gasteiger partial charge in [-0.25, -0.2) is 4.79 Å². The monoisotopic (exact) mass is 291 g/mol. The smallest absolute Gasteiger partial charge is 0.411 e. The Morgan fingerprint density at radius 2 is 2.00 bits per heavy atom. The standard InChI is InChI=1S/C13H16F3NO3/c1-9-4-2-5-10(17)11(9)12(18)20-7-3-6-19-8-13(14,15)16/h2,4-5H,3,6-8,17H2,1H3. The highest BCUT2D eigenvalue weighted by molar-refractivity contribution is 5.96. The lowest BCUT2D eigenvalue weighted by Crippen LogP contribution is -2.18. The van der Waals surface area contributed by atoms with E-state index in [-0.39, 0.29) is 25.2 Å². The van der Waals surface area contributed by atoms with E-state index >= 15 is 0 Å². The maximum atomic E-state index is 11.8. The summed E-state index contributed by atoms with van der Waals surface area (Å²) < 4.78 is 44.7. The summed E-state index contributed by atoms with van der Waals surface area (Å²) in [5.74, 6) is -0.587. The second-order valence-corrected chi connectivity index (χ2v) is 4.20. The Kier molecular flexibility index (Phi) is 5.82. The van der Waals surface area contributed by atoms with E-state index in [1.165, 1.54) is 0 Å². The fourth-order valence-corrected chi connectivity index (χ4v) is 1.56. The van der Waals surface area contributed by atoms with Crippen LogP contribution < -0.4 is 5.73 Å². The minimum absolute atomic E-state index is 0.0233. The Hall–Kier alpha value is -1.76. The van der Waals surface area contributed by atoms with Crippen molar-refractivity contribution in [3.05, 3.63) is 29.3 Å². The highest BCUT2D eigenvalue weighted by Crippen LogP contribution is 2.17. The van der Waals surface area contributed by atoms with E-state index in [0.29, 0.717) is 11.3 Å². The molecule has 20 heavy (non-hydrogen) atoms. The van der Waals surface area contributed by atoms with Crippen LogP contribution in [0, 0.1) is 6.92 Å². The minimum atomic E-state index is -4.34. The molecule has 0 aromatic heterocycles. The summed E-state index contributed by atoms with van der Waals surface area (Å²) in [6.45, 7) is 0.269. The molecule has 0 saturated heterocycles. The molecule has 1 aromatic carbocycles. The Labute approximate surface area is 114 Å². The Balaban J connectivity index is 2.31. The molecule has 0 aliphatic heterocycles. The number of hydrogen-bond acceptors (Lipinski definition) is 4. The summed E-state index contributed by atoms with van der Waals surface area (Å²) in [4.78, 5) is 11.8. The van der Waals surface area contributed by atoms with Gasteiger partial charge in [0.2, 0.25) is 0 Å². The number of esters is 1. The summed E-state index contributed by atoms with van der Waals surface area (Å²) in [6.07, 6.45) is -4.15. The lowest BCUT2D eigenvalue weighted by Gasteiger charge is -2.10. The number of anilines is 1. The zero-order valence-corrected chi connectivity index (χ0v) is 11.0. The summed E-state index contributed by atoms with van der Waals surface area (Å²) in [5, 5.41) is 0. The van der Waals surface area contributed by atoms with Crippen LogP contribution in [0.1, 0.15) is 22.3 Å². The number of halogens is 3. The summed E-state index contributed by atoms with van der Waals surface area (Å²) in [7, 11) is 0. The molecule has 0 aliphatic rings. The molecule has 0 bridgehead atoms. The Morgan fingerprint density at radius 3 is 2.60 bits per heavy atom. The van der Waals surface area contributed by atoms with Gasteiger partial charge in [0.1, 0.15) is 6.61 Å². The van der Waals surface area contributed by atoms with E-state index in [0.717, 1.165) is 0 Å². The van der Waals surface area contributed by atoms with Gasteiger partial charge in [0.25, 0.3) is 0 Å². The fourth-order valence-electron chi connectivity index (χ4n) is 1.56. The third kappa shape index (κ3) is 5.48. The summed E-state index contributed by atoms with van der Waals surface area (Å²) in [5.41, 5.74) is 6.95. The zero-order chi connectivity index (χ0) is 15.2. The van der Waals surface area contributed by atoms with Crippen molar-refractivity contribution < 1.29 is 27.4 Å². The highest BCUT2D eigenvalue weighted by atomic mass is 19.4. The van der Waals surface area contributed by atoms with Crippen LogP contribution in [0.5, 0.6) is 0 Å². The molecule has 0 spiro atoms. The van der Waals surface area contributed by atoms with Crippen molar-refractivity contribution in [1.82, 2.24) is 0 Å². The molecule has 7 heteroatoms. The topological polar surface area (TPSA) is 61.6 Å². The molecule has 0 unspecified atom stereocenters. The molecule has 0 radical (unpaired) electrons. The van der Waals surface area contributed by atoms with Crippen LogP contribution >= 0.6 is 0 Å². The van der Waals surface area contributed by atoms with Crippen molar-refractivity contribution in [3.8, 4) is 0 Å². The van der Waals surface area contributed by atoms with Crippen LogP contribution in [-0.2, 0) is 9.47 Å². The first-order valence-corrected chi connectivity index (χ1v) is 5.98. The quantitative estimate of drug-likeness (QED) is 0.497. The number of alkyl halides is 3. The average Bonchev–Trinajstić information content (AvgIpc) is 2.32. The number of carbonyl (C=O) groups excluding carboxylic acids is 1. The lowest BCUT2D eigenvalue weighted by atomic mass is 10.1. The van der Waals surface area contributed by atoms with Gasteiger partial charge in [-0.05, 0) is 18.6 Å². The van der Waals surface area contributed by atoms with Gasteiger partial charge in [-0.1, -0.05) is 12.1 Å². The average molecular weight is 291 g/mol. The molecule has 1 rings (SSSR count). The predicted molar refractivity (Wildman–Crippen MR) is 67.4 cm³/mol. The molecule has 0 fully saturated rings. The molecular weight excluding hydrogens is 275 g/mol. The third-order valence-electron chi connectivity index (χ3n) is 2.44. The van der Waals surface area contributed by atoms with Crippen LogP contribution in [0.25, 0.3) is 0 Å². The van der Waals surface area contributed by atoms with E-state index in [1.54, 1.807) is 25.1 Å². The van der Waals surface area contributed by atoms with Crippen molar-refractivity contribution in [3.63, 3.8) is 0 Å². The van der Waals surface area contributed by atoms with Crippen LogP contribution in [-0.4, -0.2) is 32.0 Å². The first-order chi connectivity index (χ1) is 9.31. The largest absolute Gasteiger partial charge is 0.462 e. The second-order valence-electron chi connectivity index (χ2n) is 4.20. The molecule has 2 N–H and O–H groups in total. The molecule has 4 nitrogen and oxygen atoms in total. The van der Waals surface area contributed by atoms with Crippen LogP contribution in [0.4, 0.5) is 18.9 Å². The van der Waals surface area contributed by atoms with E-state index in [1.807, 2.05) is 0 Å². The molecule has 112 valence electrons. The molecular formula is C13H16F3NO3. The zero-order valence-electron chi connectivity index (χ0n) is 11.0. The third-order valence-corrected chi connectivity index (χ3v) is 2.44. The predicted octanol–water partition coefficient (Wildman–Crippen LogP) is 2.70. The van der Waals surface area contributed by atoms with Gasteiger partial charge < -0.3 is 15.2 Å². The number of nitrogens with two attached hydrogens (primary N) is 1. The number of rotatable bonds is 6. The molecule has 0 saturated carbocycles. The van der Waals surface area contributed by atoms with Crippen molar-refractivity contribution in [2.45, 2.75) is 19.5 Å². The fraction of sp³-hybridized carbons (Fsp3) is 0.462. The normalized spacial score (nSPS) is 11.4. The SMILES string of the molecule is Cc1cccc(N)c1C(=O)OCCCOCC(F)(F)F. The molecule has 0 atom stereocenters. The van der Waals surface area contributed by atoms with Crippen molar-refractivity contribution >= 4 is 11.7 Å². The van der Waals surface area contributed by atoms with E-state index < -0.39 is 18.8 Å². The summed E-state index contributed by atoms with van der Waals surface area (Å²) in [6, 6.07) is 5.02. The van der Waals surface area contributed by atoms with Crippen LogP contribution in [0.3, 0.4) is 0 Å². The number of carbonyl (C=O) groups is 1. The number of hydrogen-bond donors (Lipinski definition) is 1. The van der Waals surface area contributed by atoms with Crippen molar-refractivity contribution in [2.75, 3.05) is 25.6 Å². The van der Waals surface area contributed by atoms with Crippen LogP contribution in [0.15, 0.2) is 18.2 Å². The van der Waals surface area contributed by atoms with Gasteiger partial charge in [-0.15, -0.1) is 0 Å². The molecule has 1 aromatic rings. The number of nitrogen functional groups attached to an aromatic ring is 1. The van der Waals surface area contributed by atoms with E-state index in [2.05, 4.69) is 4.74 Å². The Morgan fingerprint density at radius 1 is 1.30 bits per heavy atom. The van der Waals surface area contributed by atoms with Crippen molar-refractivity contribution in [2.24, 2.45) is 0 Å². The van der Waals surface area contributed by atoms with Gasteiger partial charge >= 0.3 is 12.1 Å². The molecule has 0 heterocycles. The van der Waals surface area contributed by atoms with Gasteiger partial charge in [0.05, 0.1) is 18.8 Å². The highest BCUT2D eigenvalue weighted by Gasteiger charge is 2.27. The van der Waals surface area contributed by atoms with Gasteiger partial charge in [0, 0.05) is 12.1 Å². The van der Waals surface area contributed by atoms with Gasteiger partial charge in [-0.3, -0.25) is 0 Å². The first kappa shape index (κ1) is 16.3. The minimum Gasteiger partial charge on any atom is -0.462 e. The van der Waals surface area contributed by atoms with Gasteiger partial charge in [0.15, 0.2) is 0 Å². The summed E-state index contributed by atoms with van der Waals surface area (Å²) >= 11 is 0. The van der Waals surface area contributed by atoms with E-state index in [4.69, 9.17) is 10.5 Å². The first-order valence-electron chi connectivity index (χ1n) is 5.98. The van der Waals surface area contributed by atoms with Crippen LogP contribution in [0.2, 0.25) is 0 Å². The number of aryl methyl sites for hydroxylation is 1. The number of benzene rings is 1. The van der Waals surface area contributed by atoms with E-state index in [9.17, 15) is 18.0 Å². The number of ether oxygens (including phenoxy) is 2. The molecule has 0 amide bonds.